The van der Waals surface area contributed by atoms with Gasteiger partial charge >= 0.3 is 0 Å². The minimum Gasteiger partial charge on any atom is -0.234 e. The second kappa shape index (κ2) is 9.06. The maximum absolute atomic E-state index is 3.93. The molecular weight excluding hydrogens is 232 g/mol. The van der Waals surface area contributed by atoms with Gasteiger partial charge in [0.2, 0.25) is 0 Å². The lowest BCUT2D eigenvalue weighted by Crippen LogP contribution is -1.93. The lowest BCUT2D eigenvalue weighted by molar-refractivity contribution is 0.461. The monoisotopic (exact) mass is 259 g/mol. The first-order valence-electron chi connectivity index (χ1n) is 8.12. The van der Waals surface area contributed by atoms with Crippen LogP contribution in [-0.2, 0) is 6.42 Å². The van der Waals surface area contributed by atoms with Crippen LogP contribution in [0.1, 0.15) is 76.2 Å². The van der Waals surface area contributed by atoms with Gasteiger partial charge in [0.15, 0.2) is 6.33 Å². The summed E-state index contributed by atoms with van der Waals surface area (Å²) in [7, 11) is 0. The van der Waals surface area contributed by atoms with Crippen LogP contribution in [0.5, 0.6) is 0 Å². The molecule has 0 spiro atoms. The van der Waals surface area contributed by atoms with Crippen molar-refractivity contribution in [2.75, 3.05) is 0 Å². The van der Waals surface area contributed by atoms with Crippen LogP contribution >= 0.6 is 0 Å². The SMILES string of the molecule is [c]1ncc(CCCCCCCCC2CCCC2)cn1. The Morgan fingerprint density at radius 1 is 0.895 bits per heavy atom. The van der Waals surface area contributed by atoms with Gasteiger partial charge in [0.1, 0.15) is 0 Å². The van der Waals surface area contributed by atoms with E-state index in [4.69, 9.17) is 0 Å². The number of hydrogen-bond donors (Lipinski definition) is 0. The highest BCUT2D eigenvalue weighted by molar-refractivity contribution is 5.01. The lowest BCUT2D eigenvalue weighted by atomic mass is 9.99. The van der Waals surface area contributed by atoms with Crippen LogP contribution in [0.2, 0.25) is 0 Å². The Morgan fingerprint density at radius 2 is 1.53 bits per heavy atom. The van der Waals surface area contributed by atoms with E-state index in [0.29, 0.717) is 0 Å². The molecule has 1 aliphatic carbocycles. The predicted octanol–water partition coefficient (Wildman–Crippen LogP) is 4.74. The number of nitrogens with zero attached hydrogens (tertiary/aromatic N) is 2. The summed E-state index contributed by atoms with van der Waals surface area (Å²) in [6.45, 7) is 0. The Kier molecular flexibility index (Phi) is 6.91. The number of hydrogen-bond acceptors (Lipinski definition) is 2. The van der Waals surface area contributed by atoms with Gasteiger partial charge in [-0.05, 0) is 24.3 Å². The molecule has 0 aliphatic heterocycles. The normalized spacial score (nSPS) is 16.0. The van der Waals surface area contributed by atoms with Crippen LogP contribution in [0, 0.1) is 12.2 Å². The van der Waals surface area contributed by atoms with Gasteiger partial charge in [-0.2, -0.15) is 0 Å². The van der Waals surface area contributed by atoms with Crippen molar-refractivity contribution < 1.29 is 0 Å². The molecule has 0 amide bonds. The third kappa shape index (κ3) is 6.17. The molecule has 0 aromatic carbocycles. The minimum absolute atomic E-state index is 1.08. The quantitative estimate of drug-likeness (QED) is 0.599. The Balaban J connectivity index is 1.38. The van der Waals surface area contributed by atoms with E-state index in [1.165, 1.54) is 76.2 Å². The summed E-state index contributed by atoms with van der Waals surface area (Å²) in [6, 6.07) is 0. The first-order chi connectivity index (χ1) is 9.45. The average molecular weight is 259 g/mol. The molecule has 1 heterocycles. The van der Waals surface area contributed by atoms with Crippen LogP contribution in [0.3, 0.4) is 0 Å². The first kappa shape index (κ1) is 14.5. The molecule has 2 rings (SSSR count). The van der Waals surface area contributed by atoms with Crippen molar-refractivity contribution in [3.8, 4) is 0 Å². The van der Waals surface area contributed by atoms with Gasteiger partial charge in [0, 0.05) is 12.4 Å². The number of rotatable bonds is 9. The summed E-state index contributed by atoms with van der Waals surface area (Å²) in [5.74, 6) is 1.08. The standard InChI is InChI=1S/C17H27N2/c1(3-5-9-16-10-7-8-11-16)2-4-6-12-17-13-18-15-19-14-17/h13-14,16H,1-12H2. The minimum atomic E-state index is 1.08. The maximum Gasteiger partial charge on any atom is 0.197 e. The molecule has 0 bridgehead atoms. The largest absolute Gasteiger partial charge is 0.234 e. The zero-order valence-corrected chi connectivity index (χ0v) is 12.1. The van der Waals surface area contributed by atoms with Crippen LogP contribution in [0.15, 0.2) is 12.4 Å². The van der Waals surface area contributed by atoms with E-state index in [2.05, 4.69) is 16.3 Å². The average Bonchev–Trinajstić information content (AvgIpc) is 2.96. The number of unbranched alkanes of at least 4 members (excludes halogenated alkanes) is 5. The molecular formula is C17H27N2. The molecule has 0 saturated heterocycles. The molecule has 1 saturated carbocycles. The summed E-state index contributed by atoms with van der Waals surface area (Å²) < 4.78 is 0. The Morgan fingerprint density at radius 3 is 2.26 bits per heavy atom. The van der Waals surface area contributed by atoms with Crippen molar-refractivity contribution >= 4 is 0 Å². The fourth-order valence-electron chi connectivity index (χ4n) is 3.19. The molecule has 19 heavy (non-hydrogen) atoms. The molecule has 2 heteroatoms. The van der Waals surface area contributed by atoms with Gasteiger partial charge < -0.3 is 0 Å². The van der Waals surface area contributed by atoms with Crippen LogP contribution in [0.4, 0.5) is 0 Å². The van der Waals surface area contributed by atoms with Crippen LogP contribution < -0.4 is 0 Å². The van der Waals surface area contributed by atoms with Gasteiger partial charge in [-0.1, -0.05) is 64.2 Å². The van der Waals surface area contributed by atoms with E-state index >= 15 is 0 Å². The lowest BCUT2D eigenvalue weighted by Gasteiger charge is -2.07. The molecule has 0 N–H and O–H groups in total. The van der Waals surface area contributed by atoms with E-state index in [-0.39, 0.29) is 0 Å². The van der Waals surface area contributed by atoms with E-state index in [1.54, 1.807) is 0 Å². The molecule has 0 unspecified atom stereocenters. The van der Waals surface area contributed by atoms with Gasteiger partial charge in [-0.25, -0.2) is 9.97 Å². The van der Waals surface area contributed by atoms with Crippen LogP contribution in [0.25, 0.3) is 0 Å². The van der Waals surface area contributed by atoms with E-state index in [0.717, 1.165) is 12.3 Å². The summed E-state index contributed by atoms with van der Waals surface area (Å²) in [5, 5.41) is 0. The van der Waals surface area contributed by atoms with Crippen molar-refractivity contribution in [3.63, 3.8) is 0 Å². The Hall–Kier alpha value is -0.920. The molecule has 2 nitrogen and oxygen atoms in total. The van der Waals surface area contributed by atoms with Gasteiger partial charge in [-0.3, -0.25) is 0 Å². The third-order valence-corrected chi connectivity index (χ3v) is 4.38. The molecule has 105 valence electrons. The predicted molar refractivity (Wildman–Crippen MR) is 78.8 cm³/mol. The van der Waals surface area contributed by atoms with E-state index < -0.39 is 0 Å². The molecule has 1 aliphatic rings. The summed E-state index contributed by atoms with van der Waals surface area (Å²) in [6.07, 6.45) is 23.3. The second-order valence-corrected chi connectivity index (χ2v) is 6.00. The zero-order chi connectivity index (χ0) is 13.2. The van der Waals surface area contributed by atoms with Crippen molar-refractivity contribution in [3.05, 3.63) is 24.3 Å². The highest BCUT2D eigenvalue weighted by atomic mass is 14.8. The molecule has 1 aromatic rings. The topological polar surface area (TPSA) is 25.8 Å². The maximum atomic E-state index is 3.93. The molecule has 1 radical (unpaired) electrons. The second-order valence-electron chi connectivity index (χ2n) is 6.00. The van der Waals surface area contributed by atoms with Crippen molar-refractivity contribution in [1.29, 1.82) is 0 Å². The first-order valence-corrected chi connectivity index (χ1v) is 8.12. The van der Waals surface area contributed by atoms with Crippen molar-refractivity contribution in [2.24, 2.45) is 5.92 Å². The molecule has 0 atom stereocenters. The fourth-order valence-corrected chi connectivity index (χ4v) is 3.19. The smallest absolute Gasteiger partial charge is 0.197 e. The van der Waals surface area contributed by atoms with Crippen molar-refractivity contribution in [1.82, 2.24) is 9.97 Å². The highest BCUT2D eigenvalue weighted by Crippen LogP contribution is 2.29. The third-order valence-electron chi connectivity index (χ3n) is 4.38. The summed E-state index contributed by atoms with van der Waals surface area (Å²) in [5.41, 5.74) is 1.25. The molecule has 1 fully saturated rings. The van der Waals surface area contributed by atoms with Gasteiger partial charge in [-0.15, -0.1) is 0 Å². The van der Waals surface area contributed by atoms with Gasteiger partial charge in [0.05, 0.1) is 0 Å². The number of aromatic nitrogens is 2. The van der Waals surface area contributed by atoms with E-state index in [9.17, 15) is 0 Å². The Labute approximate surface area is 118 Å². The van der Waals surface area contributed by atoms with Gasteiger partial charge in [0.25, 0.3) is 0 Å². The van der Waals surface area contributed by atoms with Crippen molar-refractivity contribution in [2.45, 2.75) is 77.0 Å². The fraction of sp³-hybridized carbons (Fsp3) is 0.765. The molecule has 1 aromatic heterocycles. The zero-order valence-electron chi connectivity index (χ0n) is 12.1. The van der Waals surface area contributed by atoms with E-state index in [1.807, 2.05) is 12.4 Å². The van der Waals surface area contributed by atoms with Crippen LogP contribution in [-0.4, -0.2) is 9.97 Å². The number of aryl methyl sites for hydroxylation is 1. The Bertz CT molecular complexity index is 317. The highest BCUT2D eigenvalue weighted by Gasteiger charge is 2.13. The summed E-state index contributed by atoms with van der Waals surface area (Å²) >= 11 is 0. The summed E-state index contributed by atoms with van der Waals surface area (Å²) in [4.78, 5) is 7.85.